The molecule has 0 bridgehead atoms. The van der Waals surface area contributed by atoms with Gasteiger partial charge in [0.25, 0.3) is 0 Å². The van der Waals surface area contributed by atoms with E-state index in [1.807, 2.05) is 23.2 Å². The van der Waals surface area contributed by atoms with Crippen LogP contribution in [-0.2, 0) is 4.79 Å². The first-order chi connectivity index (χ1) is 6.29. The van der Waals surface area contributed by atoms with E-state index in [2.05, 4.69) is 17.1 Å². The topological polar surface area (TPSA) is 17.1 Å². The molecule has 68 valence electrons. The van der Waals surface area contributed by atoms with Crippen molar-refractivity contribution < 1.29 is 4.79 Å². The van der Waals surface area contributed by atoms with E-state index in [0.717, 1.165) is 0 Å². The Morgan fingerprint density at radius 1 is 1.23 bits per heavy atom. The predicted molar refractivity (Wildman–Crippen MR) is 57.4 cm³/mol. The normalized spacial score (nSPS) is 10.5. The number of hydrogen-bond donors (Lipinski definition) is 0. The number of hydrogen-bond acceptors (Lipinski definition) is 1. The minimum absolute atomic E-state index is 0.0521. The van der Waals surface area contributed by atoms with E-state index < -0.39 is 0 Å². The number of rotatable bonds is 4. The van der Waals surface area contributed by atoms with Gasteiger partial charge in [0.05, 0.1) is 0 Å². The van der Waals surface area contributed by atoms with E-state index in [1.54, 1.807) is 6.92 Å². The van der Waals surface area contributed by atoms with Gasteiger partial charge in [-0.3, -0.25) is 0 Å². The van der Waals surface area contributed by atoms with Gasteiger partial charge in [-0.1, -0.05) is 0 Å². The van der Waals surface area contributed by atoms with Crippen molar-refractivity contribution in [1.82, 2.24) is 0 Å². The van der Waals surface area contributed by atoms with Gasteiger partial charge in [0, 0.05) is 0 Å². The Kier molecular flexibility index (Phi) is 5.10. The van der Waals surface area contributed by atoms with E-state index in [4.69, 9.17) is 0 Å². The third-order valence-electron chi connectivity index (χ3n) is 1.24. The van der Waals surface area contributed by atoms with Gasteiger partial charge >= 0.3 is 91.1 Å². The zero-order chi connectivity index (χ0) is 9.52. The second kappa shape index (κ2) is 6.17. The van der Waals surface area contributed by atoms with E-state index in [-0.39, 0.29) is 19.6 Å². The van der Waals surface area contributed by atoms with E-state index >= 15 is 0 Å². The maximum absolute atomic E-state index is 10.6. The Hall–Kier alpha value is -0.331. The summed E-state index contributed by atoms with van der Waals surface area (Å²) in [7, 11) is 0. The molecule has 0 unspecified atom stereocenters. The summed E-state index contributed by atoms with van der Waals surface area (Å²) < 4.78 is 1.64. The van der Waals surface area contributed by atoms with Crippen LogP contribution < -0.4 is 4.46 Å². The van der Waals surface area contributed by atoms with Crippen molar-refractivity contribution in [1.29, 1.82) is 0 Å². The van der Waals surface area contributed by atoms with Crippen LogP contribution in [0.5, 0.6) is 0 Å². The van der Waals surface area contributed by atoms with Gasteiger partial charge < -0.3 is 0 Å². The molecule has 0 fully saturated rings. The molecule has 0 aliphatic carbocycles. The fourth-order valence-electron chi connectivity index (χ4n) is 0.729. The van der Waals surface area contributed by atoms with Gasteiger partial charge in [-0.2, -0.15) is 0 Å². The molecule has 0 radical (unpaired) electrons. The first kappa shape index (κ1) is 10.7. The van der Waals surface area contributed by atoms with Crippen molar-refractivity contribution in [2.24, 2.45) is 0 Å². The van der Waals surface area contributed by atoms with Crippen molar-refractivity contribution >= 4 is 39.1 Å². The summed E-state index contributed by atoms with van der Waals surface area (Å²) in [5, 5.41) is 0. The quantitative estimate of drug-likeness (QED) is 0.750. The summed E-state index contributed by atoms with van der Waals surface area (Å²) in [6, 6.07) is 10.3. The summed E-state index contributed by atoms with van der Waals surface area (Å²) in [6.07, 6.45) is 0. The molecule has 1 rings (SSSR count). The van der Waals surface area contributed by atoms with Crippen molar-refractivity contribution in [3.63, 3.8) is 0 Å². The van der Waals surface area contributed by atoms with E-state index in [0.29, 0.717) is 15.0 Å². The molecule has 0 aliphatic rings. The molecule has 0 saturated carbocycles. The summed E-state index contributed by atoms with van der Waals surface area (Å²) in [5.74, 6) is 0. The van der Waals surface area contributed by atoms with Gasteiger partial charge in [0.15, 0.2) is 0 Å². The summed E-state index contributed by atoms with van der Waals surface area (Å²) >= 11 is 0.439. The molecule has 3 heteroatoms. The summed E-state index contributed by atoms with van der Waals surface area (Å²) in [4.78, 5) is 14.8. The van der Waals surface area contributed by atoms with Crippen molar-refractivity contribution in [3.8, 4) is 0 Å². The monoisotopic (exact) mass is 306 g/mol. The van der Waals surface area contributed by atoms with Crippen LogP contribution in [0.1, 0.15) is 6.92 Å². The Labute approximate surface area is 90.9 Å². The molecule has 0 heterocycles. The van der Waals surface area contributed by atoms with Gasteiger partial charge in [-0.15, -0.1) is 0 Å². The van der Waals surface area contributed by atoms with Gasteiger partial charge in [0.2, 0.25) is 0 Å². The fourth-order valence-corrected chi connectivity index (χ4v) is 3.56. The third kappa shape index (κ3) is 5.07. The Morgan fingerprint density at radius 2 is 1.92 bits per heavy atom. The first-order valence-electron chi connectivity index (χ1n) is 3.83. The standard InChI is InChI=1S/C10H10OSe2/c1-9(11)12-7-8-13-10-5-3-2-4-6-10/h2-8H,1H3/b8-7-. The third-order valence-corrected chi connectivity index (χ3v) is 5.09. The molecule has 1 nitrogen and oxygen atoms in total. The zero-order valence-electron chi connectivity index (χ0n) is 7.27. The van der Waals surface area contributed by atoms with Crippen LogP contribution in [0.2, 0.25) is 0 Å². The Bertz CT molecular complexity index is 293. The van der Waals surface area contributed by atoms with Crippen molar-refractivity contribution in [3.05, 3.63) is 40.3 Å². The van der Waals surface area contributed by atoms with Crippen molar-refractivity contribution in [2.45, 2.75) is 6.92 Å². The maximum atomic E-state index is 10.6. The van der Waals surface area contributed by atoms with Crippen LogP contribution in [0.3, 0.4) is 0 Å². The molecule has 0 N–H and O–H groups in total. The second-order valence-corrected chi connectivity index (χ2v) is 6.64. The molecule has 13 heavy (non-hydrogen) atoms. The van der Waals surface area contributed by atoms with Gasteiger partial charge in [-0.05, 0) is 0 Å². The zero-order valence-corrected chi connectivity index (χ0v) is 10.7. The van der Waals surface area contributed by atoms with Crippen LogP contribution in [0, 0.1) is 0 Å². The van der Waals surface area contributed by atoms with Crippen molar-refractivity contribution in [2.75, 3.05) is 0 Å². The van der Waals surface area contributed by atoms with Crippen LogP contribution in [0.4, 0.5) is 0 Å². The molecule has 0 aromatic heterocycles. The average molecular weight is 304 g/mol. The van der Waals surface area contributed by atoms with Crippen LogP contribution in [0.25, 0.3) is 0 Å². The Morgan fingerprint density at radius 3 is 2.54 bits per heavy atom. The number of carbonyl (C=O) groups is 1. The van der Waals surface area contributed by atoms with Crippen LogP contribution in [0.15, 0.2) is 40.3 Å². The number of carbonyl (C=O) groups excluding carboxylic acids is 1. The van der Waals surface area contributed by atoms with Gasteiger partial charge in [-0.25, -0.2) is 0 Å². The van der Waals surface area contributed by atoms with E-state index in [1.165, 1.54) is 4.46 Å². The minimum atomic E-state index is 0.0521. The Balaban J connectivity index is 2.35. The average Bonchev–Trinajstić information content (AvgIpc) is 2.14. The molecular formula is C10H10OSe2. The molecule has 0 saturated heterocycles. The van der Waals surface area contributed by atoms with E-state index in [9.17, 15) is 4.79 Å². The predicted octanol–water partition coefficient (Wildman–Crippen LogP) is 0.738. The molecule has 1 aromatic rings. The molecule has 0 aliphatic heterocycles. The molecule has 0 atom stereocenters. The molecule has 0 spiro atoms. The first-order valence-corrected chi connectivity index (χ1v) is 7.52. The van der Waals surface area contributed by atoms with Crippen LogP contribution >= 0.6 is 0 Å². The number of benzene rings is 1. The summed E-state index contributed by atoms with van der Waals surface area (Å²) in [6.45, 7) is 1.64. The SMILES string of the molecule is CC(=O)[Se]/C=C\[Se]c1ccccc1. The molecular weight excluding hydrogens is 294 g/mol. The molecule has 1 aromatic carbocycles. The molecule has 0 amide bonds. The van der Waals surface area contributed by atoms with Gasteiger partial charge in [0.1, 0.15) is 0 Å². The summed E-state index contributed by atoms with van der Waals surface area (Å²) in [5.41, 5.74) is 0. The second-order valence-electron chi connectivity index (χ2n) is 2.31. The van der Waals surface area contributed by atoms with Crippen LogP contribution in [-0.4, -0.2) is 34.6 Å². The fraction of sp³-hybridized carbons (Fsp3) is 0.100.